The molecule has 3 rings (SSSR count). The van der Waals surface area contributed by atoms with E-state index in [0.717, 1.165) is 77.5 Å². The van der Waals surface area contributed by atoms with Gasteiger partial charge in [-0.3, -0.25) is 9.79 Å². The average Bonchev–Trinajstić information content (AvgIpc) is 3.29. The third kappa shape index (κ3) is 11.0. The number of aliphatic hydroxyl groups excluding tert-OH is 1. The smallest absolute Gasteiger partial charge is 0.490 e. The number of ether oxygens (including phenoxy) is 3. The maximum atomic E-state index is 11.9. The Balaban J connectivity index is 1.51. The lowest BCUT2D eigenvalue weighted by Crippen LogP contribution is -2.37. The monoisotopic (exact) mass is 652 g/mol. The van der Waals surface area contributed by atoms with Crippen LogP contribution in [0.4, 0.5) is 0 Å². The van der Waals surface area contributed by atoms with E-state index in [-0.39, 0.29) is 12.2 Å². The molecule has 0 aromatic heterocycles. The number of carbonyl (C=O) groups excluding carboxylic acids is 1. The largest absolute Gasteiger partial charge is 0.525 e. The van der Waals surface area contributed by atoms with Crippen molar-refractivity contribution in [2.45, 2.75) is 144 Å². The molecule has 3 N–H and O–H groups in total. The second-order valence-electron chi connectivity index (χ2n) is 14.3. The fraction of sp³-hybridized carbons (Fsp3) is 0.743. The van der Waals surface area contributed by atoms with Gasteiger partial charge in [-0.15, -0.1) is 0 Å². The number of rotatable bonds is 18. The Morgan fingerprint density at radius 3 is 2.16 bits per heavy atom. The molecule has 0 aliphatic carbocycles. The number of cyclic esters (lactones) is 1. The molecule has 45 heavy (non-hydrogen) atoms. The zero-order chi connectivity index (χ0) is 33.5. The number of esters is 1. The molecule has 0 saturated heterocycles. The van der Waals surface area contributed by atoms with Crippen molar-refractivity contribution in [3.05, 3.63) is 34.1 Å². The van der Waals surface area contributed by atoms with Crippen molar-refractivity contribution in [3.8, 4) is 11.5 Å². The van der Waals surface area contributed by atoms with Gasteiger partial charge < -0.3 is 23.8 Å². The summed E-state index contributed by atoms with van der Waals surface area (Å²) >= 11 is 0. The highest BCUT2D eigenvalue weighted by Gasteiger charge is 2.37. The van der Waals surface area contributed by atoms with E-state index in [1.54, 1.807) is 0 Å². The molecule has 1 aromatic rings. The van der Waals surface area contributed by atoms with Crippen LogP contribution in [0, 0.1) is 38.5 Å². The fourth-order valence-electron chi connectivity index (χ4n) is 6.56. The zero-order valence-electron chi connectivity index (χ0n) is 28.7. The van der Waals surface area contributed by atoms with Gasteiger partial charge in [-0.1, -0.05) is 72.6 Å². The lowest BCUT2D eigenvalue weighted by molar-refractivity contribution is -0.146. The molecule has 0 radical (unpaired) electrons. The third-order valence-corrected chi connectivity index (χ3v) is 10.0. The van der Waals surface area contributed by atoms with Crippen LogP contribution >= 0.6 is 7.82 Å². The molecular weight excluding hydrogens is 595 g/mol. The number of phosphoric ester groups is 1. The van der Waals surface area contributed by atoms with Crippen LogP contribution in [0.15, 0.2) is 11.8 Å². The molecule has 0 amide bonds. The van der Waals surface area contributed by atoms with Crippen molar-refractivity contribution in [3.63, 3.8) is 0 Å². The molecule has 0 spiro atoms. The van der Waals surface area contributed by atoms with Crippen LogP contribution < -0.4 is 9.47 Å². The second kappa shape index (κ2) is 16.2. The first-order valence-electron chi connectivity index (χ1n) is 16.8. The highest BCUT2D eigenvalue weighted by atomic mass is 31.2. The SMILES string of the molecule is Cc1c(C)c2c(c(C)c1OC[C@@H](O)[C@H]1C=C(OP(=O)(O)O)C(=O)O1)CC[C@@](C)(CCC[C@H](C)CCC[C@H](C)CCCC(C)C)O2. The Labute approximate surface area is 270 Å². The van der Waals surface area contributed by atoms with E-state index in [2.05, 4.69) is 39.1 Å². The minimum absolute atomic E-state index is 0.189. The normalized spacial score (nSPS) is 21.9. The maximum Gasteiger partial charge on any atom is 0.525 e. The Morgan fingerprint density at radius 1 is 0.956 bits per heavy atom. The van der Waals surface area contributed by atoms with Gasteiger partial charge in [-0.25, -0.2) is 9.36 Å². The van der Waals surface area contributed by atoms with Crippen LogP contribution in [-0.4, -0.2) is 45.3 Å². The molecule has 0 fully saturated rings. The summed E-state index contributed by atoms with van der Waals surface area (Å²) in [5.74, 6) is 2.26. The quantitative estimate of drug-likeness (QED) is 0.107. The molecule has 256 valence electrons. The van der Waals surface area contributed by atoms with Gasteiger partial charge in [0.2, 0.25) is 5.76 Å². The van der Waals surface area contributed by atoms with Crippen molar-refractivity contribution in [1.82, 2.24) is 0 Å². The van der Waals surface area contributed by atoms with Gasteiger partial charge in [0, 0.05) is 11.6 Å². The third-order valence-electron chi connectivity index (χ3n) is 9.59. The first kappa shape index (κ1) is 37.4. The van der Waals surface area contributed by atoms with Crippen LogP contribution in [0.5, 0.6) is 11.5 Å². The number of hydrogen-bond donors (Lipinski definition) is 3. The lowest BCUT2D eigenvalue weighted by atomic mass is 9.83. The molecule has 10 heteroatoms. The van der Waals surface area contributed by atoms with Gasteiger partial charge >= 0.3 is 13.8 Å². The van der Waals surface area contributed by atoms with E-state index in [1.807, 2.05) is 20.8 Å². The van der Waals surface area contributed by atoms with Crippen LogP contribution in [0.1, 0.15) is 121 Å². The van der Waals surface area contributed by atoms with E-state index in [4.69, 9.17) is 24.0 Å². The van der Waals surface area contributed by atoms with Crippen LogP contribution in [-0.2, 0) is 25.0 Å². The summed E-state index contributed by atoms with van der Waals surface area (Å²) in [6, 6.07) is 0. The number of hydrogen-bond acceptors (Lipinski definition) is 7. The minimum Gasteiger partial charge on any atom is -0.490 e. The van der Waals surface area contributed by atoms with Crippen LogP contribution in [0.25, 0.3) is 0 Å². The molecule has 0 bridgehead atoms. The molecule has 2 aliphatic heterocycles. The Morgan fingerprint density at radius 2 is 1.56 bits per heavy atom. The maximum absolute atomic E-state index is 11.9. The van der Waals surface area contributed by atoms with E-state index < -0.39 is 31.8 Å². The topological polar surface area (TPSA) is 132 Å². The van der Waals surface area contributed by atoms with Crippen molar-refractivity contribution >= 4 is 13.8 Å². The number of fused-ring (bicyclic) bond motifs is 1. The Bertz CT molecular complexity index is 1240. The fourth-order valence-corrected chi connectivity index (χ4v) is 6.95. The molecule has 1 aromatic carbocycles. The molecule has 2 heterocycles. The molecule has 0 saturated carbocycles. The standard InChI is InChI=1S/C35H57O9P/c1-22(2)12-9-13-23(3)14-10-15-24(4)16-11-18-35(8)19-17-28-27(7)32(25(5)26(6)33(28)43-35)41-21-29(36)30-20-31(34(37)42-30)44-45(38,39)40/h20,22-24,29-30,36H,9-19,21H2,1-8H3,(H2,38,39,40)/t23-,24-,29-,30-,35-/m1/s1. The van der Waals surface area contributed by atoms with Gasteiger partial charge in [-0.05, 0) is 87.8 Å². The van der Waals surface area contributed by atoms with E-state index >= 15 is 0 Å². The van der Waals surface area contributed by atoms with Gasteiger partial charge in [-0.2, -0.15) is 0 Å². The van der Waals surface area contributed by atoms with Gasteiger partial charge in [0.25, 0.3) is 0 Å². The number of phosphoric acid groups is 1. The number of aliphatic hydroxyl groups is 1. The first-order chi connectivity index (χ1) is 21.0. The van der Waals surface area contributed by atoms with Crippen molar-refractivity contribution < 1.29 is 43.0 Å². The summed E-state index contributed by atoms with van der Waals surface area (Å²) in [7, 11) is -4.93. The first-order valence-corrected chi connectivity index (χ1v) is 18.3. The summed E-state index contributed by atoms with van der Waals surface area (Å²) in [6.07, 6.45) is 11.8. The predicted molar refractivity (Wildman–Crippen MR) is 175 cm³/mol. The second-order valence-corrected chi connectivity index (χ2v) is 15.4. The summed E-state index contributed by atoms with van der Waals surface area (Å²) < 4.78 is 33.2. The molecule has 2 aliphatic rings. The van der Waals surface area contributed by atoms with E-state index in [9.17, 15) is 14.5 Å². The Kier molecular flexibility index (Phi) is 13.4. The summed E-state index contributed by atoms with van der Waals surface area (Å²) in [4.78, 5) is 29.8. The molecule has 9 nitrogen and oxygen atoms in total. The van der Waals surface area contributed by atoms with E-state index in [1.165, 1.54) is 44.9 Å². The molecular formula is C35H57O9P. The summed E-state index contributed by atoms with van der Waals surface area (Å²) in [5.41, 5.74) is 3.77. The predicted octanol–water partition coefficient (Wildman–Crippen LogP) is 7.79. The molecule has 5 atom stereocenters. The number of benzene rings is 1. The molecule has 0 unspecified atom stereocenters. The summed E-state index contributed by atoms with van der Waals surface area (Å²) in [6.45, 7) is 17.4. The minimum atomic E-state index is -4.93. The number of carbonyl (C=O) groups is 1. The van der Waals surface area contributed by atoms with Crippen molar-refractivity contribution in [1.29, 1.82) is 0 Å². The van der Waals surface area contributed by atoms with E-state index in [0.29, 0.717) is 5.75 Å². The highest BCUT2D eigenvalue weighted by Crippen LogP contribution is 2.45. The van der Waals surface area contributed by atoms with Crippen LogP contribution in [0.2, 0.25) is 0 Å². The van der Waals surface area contributed by atoms with Crippen molar-refractivity contribution in [2.75, 3.05) is 6.61 Å². The highest BCUT2D eigenvalue weighted by molar-refractivity contribution is 7.46. The van der Waals surface area contributed by atoms with Crippen molar-refractivity contribution in [2.24, 2.45) is 17.8 Å². The zero-order valence-corrected chi connectivity index (χ0v) is 29.6. The Hall–Kier alpha value is -2.06. The summed E-state index contributed by atoms with van der Waals surface area (Å²) in [5, 5.41) is 10.6. The van der Waals surface area contributed by atoms with Gasteiger partial charge in [0.15, 0.2) is 6.10 Å². The van der Waals surface area contributed by atoms with Gasteiger partial charge in [0.05, 0.1) is 0 Å². The average molecular weight is 653 g/mol. The van der Waals surface area contributed by atoms with Gasteiger partial charge in [0.1, 0.15) is 29.8 Å². The lowest BCUT2D eigenvalue weighted by Gasteiger charge is -2.38. The van der Waals surface area contributed by atoms with Crippen LogP contribution in [0.3, 0.4) is 0 Å².